The Morgan fingerprint density at radius 2 is 0.950 bits per heavy atom. The van der Waals surface area contributed by atoms with Gasteiger partial charge in [0, 0.05) is 36.1 Å². The maximum absolute atomic E-state index is 13.4. The molecule has 2 aromatic carbocycles. The van der Waals surface area contributed by atoms with Crippen LogP contribution in [0.2, 0.25) is 0 Å². The first-order chi connectivity index (χ1) is 19.2. The number of hydrogen-bond donors (Lipinski definition) is 0. The van der Waals surface area contributed by atoms with Crippen LogP contribution in [-0.4, -0.2) is 75.9 Å². The van der Waals surface area contributed by atoms with Crippen molar-refractivity contribution in [3.05, 3.63) is 59.7 Å². The van der Waals surface area contributed by atoms with Crippen LogP contribution in [0.25, 0.3) is 0 Å². The van der Waals surface area contributed by atoms with Crippen molar-refractivity contribution in [3.63, 3.8) is 0 Å². The van der Waals surface area contributed by atoms with Crippen molar-refractivity contribution in [2.24, 2.45) is 11.8 Å². The van der Waals surface area contributed by atoms with Crippen LogP contribution < -0.4 is 9.47 Å². The molecule has 0 saturated heterocycles. The highest BCUT2D eigenvalue weighted by Gasteiger charge is 2.23. The van der Waals surface area contributed by atoms with Gasteiger partial charge in [0.1, 0.15) is 11.5 Å². The van der Waals surface area contributed by atoms with E-state index in [1.54, 1.807) is 0 Å². The minimum Gasteiger partial charge on any atom is -0.494 e. The maximum Gasteiger partial charge on any atom is 0.167 e. The Balaban J connectivity index is 1.95. The molecule has 0 aliphatic heterocycles. The molecule has 0 amide bonds. The molecule has 0 aliphatic rings. The van der Waals surface area contributed by atoms with Crippen LogP contribution >= 0.6 is 0 Å². The van der Waals surface area contributed by atoms with Gasteiger partial charge >= 0.3 is 0 Å². The summed E-state index contributed by atoms with van der Waals surface area (Å²) < 4.78 is 11.5. The van der Waals surface area contributed by atoms with Crippen LogP contribution in [0.4, 0.5) is 0 Å². The lowest BCUT2D eigenvalue weighted by Crippen LogP contribution is -2.29. The molecule has 6 heteroatoms. The van der Waals surface area contributed by atoms with Crippen molar-refractivity contribution in [1.29, 1.82) is 0 Å². The summed E-state index contributed by atoms with van der Waals surface area (Å²) in [5.41, 5.74) is 1.47. The first kappa shape index (κ1) is 33.5. The lowest BCUT2D eigenvalue weighted by molar-refractivity contribution is 0.0867. The van der Waals surface area contributed by atoms with E-state index in [1.165, 1.54) is 0 Å². The largest absolute Gasteiger partial charge is 0.494 e. The average Bonchev–Trinajstić information content (AvgIpc) is 2.94. The van der Waals surface area contributed by atoms with E-state index in [0.29, 0.717) is 26.3 Å². The van der Waals surface area contributed by atoms with Crippen LogP contribution in [0.1, 0.15) is 85.9 Å². The zero-order chi connectivity index (χ0) is 29.3. The van der Waals surface area contributed by atoms with E-state index in [9.17, 15) is 9.59 Å². The van der Waals surface area contributed by atoms with Gasteiger partial charge in [0.25, 0.3) is 0 Å². The Bertz CT molecular complexity index is 905. The number of unbranched alkanes of at least 4 members (excludes halogenated alkanes) is 3. The highest BCUT2D eigenvalue weighted by Crippen LogP contribution is 2.23. The molecule has 0 radical (unpaired) electrons. The number of hydrogen-bond acceptors (Lipinski definition) is 6. The number of Topliss-reactive ketones (excluding diaryl/α,β-unsaturated/α-hetero) is 2. The van der Waals surface area contributed by atoms with Gasteiger partial charge in [-0.3, -0.25) is 9.59 Å². The van der Waals surface area contributed by atoms with Gasteiger partial charge in [-0.2, -0.15) is 0 Å². The van der Waals surface area contributed by atoms with Gasteiger partial charge in [0.15, 0.2) is 11.6 Å². The van der Waals surface area contributed by atoms with Crippen LogP contribution in [0.3, 0.4) is 0 Å². The summed E-state index contributed by atoms with van der Waals surface area (Å²) in [5, 5.41) is 0. The summed E-state index contributed by atoms with van der Waals surface area (Å²) in [6.45, 7) is 7.09. The van der Waals surface area contributed by atoms with Crippen LogP contribution in [-0.2, 0) is 0 Å². The molecule has 222 valence electrons. The lowest BCUT2D eigenvalue weighted by atomic mass is 9.88. The van der Waals surface area contributed by atoms with E-state index in [2.05, 4.69) is 23.6 Å². The summed E-state index contributed by atoms with van der Waals surface area (Å²) in [7, 11) is 8.04. The molecule has 0 unspecified atom stereocenters. The van der Waals surface area contributed by atoms with Crippen molar-refractivity contribution >= 4 is 11.6 Å². The van der Waals surface area contributed by atoms with Crippen molar-refractivity contribution < 1.29 is 19.1 Å². The third-order valence-corrected chi connectivity index (χ3v) is 7.08. The van der Waals surface area contributed by atoms with Gasteiger partial charge in [-0.05, 0) is 102 Å². The molecule has 6 nitrogen and oxygen atoms in total. The van der Waals surface area contributed by atoms with Crippen molar-refractivity contribution in [2.45, 2.75) is 65.2 Å². The first-order valence-electron chi connectivity index (χ1n) is 15.1. The van der Waals surface area contributed by atoms with Gasteiger partial charge in [-0.15, -0.1) is 0 Å². The van der Waals surface area contributed by atoms with Crippen LogP contribution in [0.5, 0.6) is 11.5 Å². The number of carbonyl (C=O) groups excluding carboxylic acids is 2. The number of rotatable bonds is 21. The smallest absolute Gasteiger partial charge is 0.167 e. The highest BCUT2D eigenvalue weighted by molar-refractivity contribution is 5.98. The normalized spacial score (nSPS) is 12.9. The molecular formula is C34H52N2O4. The number of ether oxygens (including phenoxy) is 2. The molecule has 0 N–H and O–H groups in total. The second-order valence-electron chi connectivity index (χ2n) is 11.4. The van der Waals surface area contributed by atoms with E-state index in [4.69, 9.17) is 9.47 Å². The van der Waals surface area contributed by atoms with Crippen molar-refractivity contribution in [1.82, 2.24) is 9.80 Å². The van der Waals surface area contributed by atoms with Crippen LogP contribution in [0.15, 0.2) is 48.5 Å². The number of benzene rings is 2. The summed E-state index contributed by atoms with van der Waals surface area (Å²) in [6.07, 6.45) is 7.65. The molecule has 0 saturated carbocycles. The van der Waals surface area contributed by atoms with Crippen molar-refractivity contribution in [2.75, 3.05) is 54.5 Å². The second kappa shape index (κ2) is 18.6. The van der Waals surface area contributed by atoms with Crippen LogP contribution in [0, 0.1) is 11.8 Å². The zero-order valence-electron chi connectivity index (χ0n) is 25.8. The van der Waals surface area contributed by atoms with E-state index >= 15 is 0 Å². The summed E-state index contributed by atoms with van der Waals surface area (Å²) in [4.78, 5) is 30.9. The van der Waals surface area contributed by atoms with E-state index < -0.39 is 0 Å². The molecule has 40 heavy (non-hydrogen) atoms. The lowest BCUT2D eigenvalue weighted by Gasteiger charge is -2.22. The molecule has 0 heterocycles. The minimum absolute atomic E-state index is 0.0786. The number of ketones is 2. The monoisotopic (exact) mass is 552 g/mol. The zero-order valence-corrected chi connectivity index (χ0v) is 25.8. The first-order valence-corrected chi connectivity index (χ1v) is 15.1. The van der Waals surface area contributed by atoms with E-state index in [1.807, 2.05) is 76.7 Å². The Labute approximate surface area is 243 Å². The molecule has 0 fully saturated rings. The molecule has 0 aromatic heterocycles. The quantitative estimate of drug-likeness (QED) is 0.122. The Morgan fingerprint density at radius 3 is 1.25 bits per heavy atom. The van der Waals surface area contributed by atoms with Gasteiger partial charge in [-0.25, -0.2) is 0 Å². The van der Waals surface area contributed by atoms with Gasteiger partial charge in [0.2, 0.25) is 0 Å². The molecular weight excluding hydrogens is 500 g/mol. The fourth-order valence-corrected chi connectivity index (χ4v) is 4.84. The maximum atomic E-state index is 13.4. The number of carbonyl (C=O) groups is 2. The van der Waals surface area contributed by atoms with E-state index in [0.717, 1.165) is 74.0 Å². The third kappa shape index (κ3) is 12.2. The minimum atomic E-state index is -0.0786. The molecule has 0 aliphatic carbocycles. The highest BCUT2D eigenvalue weighted by atomic mass is 16.5. The molecule has 2 aromatic rings. The fourth-order valence-electron chi connectivity index (χ4n) is 4.84. The third-order valence-electron chi connectivity index (χ3n) is 7.08. The van der Waals surface area contributed by atoms with Gasteiger partial charge in [0.05, 0.1) is 13.2 Å². The van der Waals surface area contributed by atoms with Crippen molar-refractivity contribution in [3.8, 4) is 11.5 Å². The average molecular weight is 553 g/mol. The fraction of sp³-hybridized carbons (Fsp3) is 0.588. The standard InChI is InChI=1S/C34H52N2O4/c1-7-9-23-39-31-19-15-27(16-20-31)33(37)29(25-35(3)4)13-11-12-14-30(26-36(5)6)34(38)28-17-21-32(22-18-28)40-24-10-8-2/h15-22,29-30H,7-14,23-26H2,1-6H3/t29-,30-/m1/s1. The number of nitrogens with zero attached hydrogens (tertiary/aromatic N) is 2. The molecule has 0 spiro atoms. The summed E-state index contributed by atoms with van der Waals surface area (Å²) >= 11 is 0. The Kier molecular flexibility index (Phi) is 15.6. The summed E-state index contributed by atoms with van der Waals surface area (Å²) in [6, 6.07) is 15.1. The second-order valence-corrected chi connectivity index (χ2v) is 11.4. The predicted molar refractivity (Wildman–Crippen MR) is 165 cm³/mol. The predicted octanol–water partition coefficient (Wildman–Crippen LogP) is 7.03. The van der Waals surface area contributed by atoms with Gasteiger partial charge in [-0.1, -0.05) is 39.5 Å². The van der Waals surface area contributed by atoms with E-state index in [-0.39, 0.29) is 23.4 Å². The summed E-state index contributed by atoms with van der Waals surface area (Å²) in [5.74, 6) is 1.82. The Hall–Kier alpha value is -2.70. The molecule has 0 bridgehead atoms. The SMILES string of the molecule is CCCCOc1ccc(C(=O)[C@H](CCCC[C@H](CN(C)C)C(=O)c2ccc(OCCCC)cc2)CN(C)C)cc1. The molecule has 2 atom stereocenters. The molecule has 2 rings (SSSR count). The topological polar surface area (TPSA) is 59.1 Å². The van der Waals surface area contributed by atoms with Gasteiger partial charge < -0.3 is 19.3 Å². The Morgan fingerprint density at radius 1 is 0.600 bits per heavy atom.